The summed E-state index contributed by atoms with van der Waals surface area (Å²) in [6.45, 7) is 11.7. The first kappa shape index (κ1) is 33.2. The van der Waals surface area contributed by atoms with Gasteiger partial charge in [-0.1, -0.05) is 131 Å². The molecule has 0 aliphatic rings. The van der Waals surface area contributed by atoms with Crippen molar-refractivity contribution in [3.05, 3.63) is 33.9 Å². The number of hydrogen-bond donors (Lipinski definition) is 0. The second-order valence-corrected chi connectivity index (χ2v) is 11.6. The summed E-state index contributed by atoms with van der Waals surface area (Å²) in [6.07, 6.45) is 33.9. The Morgan fingerprint density at radius 2 is 0.583 bits per heavy atom. The van der Waals surface area contributed by atoms with Crippen LogP contribution in [0.15, 0.2) is 0 Å². The van der Waals surface area contributed by atoms with E-state index in [0.717, 1.165) is 0 Å². The van der Waals surface area contributed by atoms with Crippen LogP contribution in [0, 0.1) is 6.07 Å². The van der Waals surface area contributed by atoms with E-state index in [1.165, 1.54) is 161 Å². The van der Waals surface area contributed by atoms with Crippen LogP contribution < -0.4 is 0 Å². The topological polar surface area (TPSA) is 0 Å². The van der Waals surface area contributed by atoms with E-state index < -0.39 is 0 Å². The van der Waals surface area contributed by atoms with Gasteiger partial charge in [0, 0.05) is 0 Å². The molecule has 0 amide bonds. The Balaban J connectivity index is 3.35. The summed E-state index contributed by atoms with van der Waals surface area (Å²) in [6, 6.07) is 4.16. The Kier molecular flexibility index (Phi) is 21.6. The van der Waals surface area contributed by atoms with Gasteiger partial charge in [0.05, 0.1) is 0 Å². The summed E-state index contributed by atoms with van der Waals surface area (Å²) in [5.41, 5.74) is 8.62. The van der Waals surface area contributed by atoms with E-state index >= 15 is 0 Å². The highest BCUT2D eigenvalue weighted by molar-refractivity contribution is 5.46. The molecule has 0 nitrogen and oxygen atoms in total. The maximum Gasteiger partial charge on any atom is -0.0108 e. The van der Waals surface area contributed by atoms with Crippen LogP contribution >= 0.6 is 0 Å². The lowest BCUT2D eigenvalue weighted by Crippen LogP contribution is -2.11. The monoisotopic (exact) mass is 498 g/mol. The van der Waals surface area contributed by atoms with Gasteiger partial charge in [0.1, 0.15) is 0 Å². The minimum Gasteiger partial charge on any atom is -0.0654 e. The number of unbranched alkanes of at least 4 members (excludes halogenated alkanes) is 15. The lowest BCUT2D eigenvalue weighted by atomic mass is 9.81. The second kappa shape index (κ2) is 23.3. The van der Waals surface area contributed by atoms with Crippen molar-refractivity contribution < 1.29 is 0 Å². The second-order valence-electron chi connectivity index (χ2n) is 11.6. The van der Waals surface area contributed by atoms with Crippen molar-refractivity contribution in [1.29, 1.82) is 0 Å². The van der Waals surface area contributed by atoms with Gasteiger partial charge in [-0.25, -0.2) is 0 Å². The lowest BCUT2D eigenvalue weighted by molar-refractivity contribution is 0.623. The minimum absolute atomic E-state index is 1.27. The van der Waals surface area contributed by atoms with Gasteiger partial charge in [-0.05, 0) is 98.1 Å². The van der Waals surface area contributed by atoms with Crippen LogP contribution in [0.2, 0.25) is 0 Å². The van der Waals surface area contributed by atoms with E-state index in [9.17, 15) is 0 Å². The van der Waals surface area contributed by atoms with E-state index in [0.29, 0.717) is 0 Å². The molecule has 0 aliphatic carbocycles. The van der Waals surface area contributed by atoms with Gasteiger partial charge in [-0.2, -0.15) is 0 Å². The molecule has 0 N–H and O–H groups in total. The fourth-order valence-electron chi connectivity index (χ4n) is 5.85. The van der Waals surface area contributed by atoms with Crippen molar-refractivity contribution in [2.45, 2.75) is 195 Å². The Morgan fingerprint density at radius 3 is 0.889 bits per heavy atom. The predicted octanol–water partition coefficient (Wildman–Crippen LogP) is 12.1. The number of benzene rings is 1. The molecule has 36 heavy (non-hydrogen) atoms. The van der Waals surface area contributed by atoms with Crippen LogP contribution in [0.3, 0.4) is 0 Å². The van der Waals surface area contributed by atoms with Gasteiger partial charge in [-0.15, -0.1) is 0 Å². The summed E-state index contributed by atoms with van der Waals surface area (Å²) in [5.74, 6) is 0. The molecule has 0 saturated heterocycles. The molecule has 0 spiro atoms. The molecule has 0 saturated carbocycles. The Hall–Kier alpha value is -0.780. The predicted molar refractivity (Wildman–Crippen MR) is 165 cm³/mol. The first-order valence-corrected chi connectivity index (χ1v) is 16.8. The van der Waals surface area contributed by atoms with Crippen molar-refractivity contribution in [2.75, 3.05) is 0 Å². The van der Waals surface area contributed by atoms with Crippen molar-refractivity contribution in [3.8, 4) is 0 Å². The first-order valence-electron chi connectivity index (χ1n) is 16.8. The highest BCUT2D eigenvalue weighted by Crippen LogP contribution is 2.31. The molecule has 0 heterocycles. The molecular formula is C36H65. The molecule has 209 valence electrons. The minimum atomic E-state index is 1.27. The maximum absolute atomic E-state index is 4.16. The molecule has 1 radical (unpaired) electrons. The largest absolute Gasteiger partial charge is 0.0654 e. The van der Waals surface area contributed by atoms with Gasteiger partial charge >= 0.3 is 0 Å². The zero-order valence-electron chi connectivity index (χ0n) is 25.7. The molecule has 0 unspecified atom stereocenters. The van der Waals surface area contributed by atoms with E-state index in [1.807, 2.05) is 5.56 Å². The van der Waals surface area contributed by atoms with Crippen molar-refractivity contribution in [2.24, 2.45) is 0 Å². The van der Waals surface area contributed by atoms with Gasteiger partial charge in [0.15, 0.2) is 0 Å². The maximum atomic E-state index is 4.16. The van der Waals surface area contributed by atoms with Crippen molar-refractivity contribution >= 4 is 0 Å². The Labute approximate surface area is 228 Å². The molecule has 0 atom stereocenters. The summed E-state index contributed by atoms with van der Waals surface area (Å²) >= 11 is 0. The highest BCUT2D eigenvalue weighted by atomic mass is 14.2. The third-order valence-corrected chi connectivity index (χ3v) is 8.16. The van der Waals surface area contributed by atoms with Gasteiger partial charge in [0.25, 0.3) is 0 Å². The number of aryl methyl sites for hydroxylation is 2. The van der Waals surface area contributed by atoms with E-state index in [-0.39, 0.29) is 0 Å². The molecule has 0 bridgehead atoms. The average Bonchev–Trinajstić information content (AvgIpc) is 2.89. The van der Waals surface area contributed by atoms with Crippen molar-refractivity contribution in [3.63, 3.8) is 0 Å². The molecule has 1 aromatic rings. The summed E-state index contributed by atoms with van der Waals surface area (Å²) in [7, 11) is 0. The molecule has 1 aromatic carbocycles. The number of rotatable bonds is 25. The summed E-state index contributed by atoms with van der Waals surface area (Å²) in [4.78, 5) is 0. The van der Waals surface area contributed by atoms with Gasteiger partial charge in [-0.3, -0.25) is 0 Å². The zero-order chi connectivity index (χ0) is 26.3. The third-order valence-electron chi connectivity index (χ3n) is 8.16. The van der Waals surface area contributed by atoms with Gasteiger partial charge in [0.2, 0.25) is 0 Å². The molecule has 0 fully saturated rings. The van der Waals surface area contributed by atoms with Crippen LogP contribution in [0.25, 0.3) is 0 Å². The van der Waals surface area contributed by atoms with Crippen molar-refractivity contribution in [1.82, 2.24) is 0 Å². The first-order chi connectivity index (χ1) is 17.7. The third kappa shape index (κ3) is 14.2. The normalized spacial score (nSPS) is 11.5. The number of hydrogen-bond acceptors (Lipinski definition) is 0. The highest BCUT2D eigenvalue weighted by Gasteiger charge is 2.18. The molecule has 0 heteroatoms. The fourth-order valence-corrected chi connectivity index (χ4v) is 5.85. The zero-order valence-corrected chi connectivity index (χ0v) is 25.7. The summed E-state index contributed by atoms with van der Waals surface area (Å²) in [5, 5.41) is 0. The SMILES string of the molecule is CCCCCCc1[c]c(CCCCCC)c(CCCCCC)c(CCCCCC)c1CCCCCC. The summed E-state index contributed by atoms with van der Waals surface area (Å²) < 4.78 is 0. The quantitative estimate of drug-likeness (QED) is 0.118. The standard InChI is InChI=1S/C36H65/c1-6-11-16-21-26-32-31-33(27-22-17-12-7-2)35(29-24-19-14-9-4)36(30-25-20-15-10-5)34(32)28-23-18-13-8-3/h6-30H2,1-5H3. The average molecular weight is 498 g/mol. The van der Waals surface area contributed by atoms with Crippen LogP contribution in [-0.4, -0.2) is 0 Å². The van der Waals surface area contributed by atoms with Crippen LogP contribution in [0.4, 0.5) is 0 Å². The van der Waals surface area contributed by atoms with E-state index in [1.54, 1.807) is 22.3 Å². The van der Waals surface area contributed by atoms with Crippen LogP contribution in [0.1, 0.15) is 191 Å². The van der Waals surface area contributed by atoms with E-state index in [2.05, 4.69) is 40.7 Å². The molecular weight excluding hydrogens is 432 g/mol. The smallest absolute Gasteiger partial charge is 0.0108 e. The van der Waals surface area contributed by atoms with Gasteiger partial charge < -0.3 is 0 Å². The molecule has 1 rings (SSSR count). The van der Waals surface area contributed by atoms with E-state index in [4.69, 9.17) is 0 Å². The lowest BCUT2D eigenvalue weighted by Gasteiger charge is -2.23. The Bertz CT molecular complexity index is 579. The Morgan fingerprint density at radius 1 is 0.306 bits per heavy atom. The molecule has 0 aliphatic heterocycles. The van der Waals surface area contributed by atoms with Crippen LogP contribution in [-0.2, 0) is 32.1 Å². The molecule has 0 aromatic heterocycles. The van der Waals surface area contributed by atoms with Crippen LogP contribution in [0.5, 0.6) is 0 Å². The fraction of sp³-hybridized carbons (Fsp3) is 0.833.